The molecule has 8 heteroatoms. The van der Waals surface area contributed by atoms with Crippen molar-refractivity contribution in [1.82, 2.24) is 14.6 Å². The summed E-state index contributed by atoms with van der Waals surface area (Å²) in [6.07, 6.45) is 1.51. The number of rotatable bonds is 5. The topological polar surface area (TPSA) is 76.4 Å². The van der Waals surface area contributed by atoms with E-state index in [1.807, 2.05) is 13.8 Å². The first kappa shape index (κ1) is 17.3. The number of nitrogens with zero attached hydrogens (tertiary/aromatic N) is 3. The zero-order chi connectivity index (χ0) is 18.2. The normalized spacial score (nSPS) is 12.0. The Bertz CT molecular complexity index is 1030. The van der Waals surface area contributed by atoms with Crippen molar-refractivity contribution in [3.63, 3.8) is 0 Å². The molecule has 1 aromatic carbocycles. The zero-order valence-electron chi connectivity index (χ0n) is 14.2. The molecule has 0 atom stereocenters. The quantitative estimate of drug-likeness (QED) is 0.753. The first-order valence-corrected chi connectivity index (χ1v) is 9.52. The second-order valence-corrected chi connectivity index (χ2v) is 8.42. The molecule has 0 aliphatic carbocycles. The Labute approximate surface area is 145 Å². The Morgan fingerprint density at radius 2 is 1.96 bits per heavy atom. The van der Waals surface area contributed by atoms with Crippen molar-refractivity contribution in [3.8, 4) is 0 Å². The Hall–Kier alpha value is -2.48. The van der Waals surface area contributed by atoms with E-state index in [2.05, 4.69) is 15.5 Å². The third-order valence-electron chi connectivity index (χ3n) is 3.70. The lowest BCUT2D eigenvalue weighted by molar-refractivity contribution is 0.582. The van der Waals surface area contributed by atoms with Gasteiger partial charge in [-0.05, 0) is 48.7 Å². The average molecular weight is 362 g/mol. The van der Waals surface area contributed by atoms with Crippen LogP contribution in [0.25, 0.3) is 5.65 Å². The molecule has 0 spiro atoms. The molecule has 0 unspecified atom stereocenters. The number of sulfone groups is 1. The van der Waals surface area contributed by atoms with Gasteiger partial charge in [0.2, 0.25) is 5.95 Å². The number of anilines is 2. The lowest BCUT2D eigenvalue weighted by atomic mass is 10.2. The molecule has 0 aliphatic heterocycles. The Balaban J connectivity index is 1.99. The fraction of sp³-hybridized carbons (Fsp3) is 0.294. The van der Waals surface area contributed by atoms with E-state index in [-0.39, 0.29) is 22.4 Å². The van der Waals surface area contributed by atoms with Crippen molar-refractivity contribution in [2.75, 3.05) is 11.1 Å². The minimum absolute atomic E-state index is 0.0291. The number of hydrogen-bond donors (Lipinski definition) is 1. The molecule has 0 fully saturated rings. The van der Waals surface area contributed by atoms with Gasteiger partial charge in [-0.2, -0.15) is 0 Å². The molecule has 0 bridgehead atoms. The number of nitrogens with one attached hydrogen (secondary N) is 1. The molecule has 2 heterocycles. The van der Waals surface area contributed by atoms with Gasteiger partial charge in [0.25, 0.3) is 0 Å². The molecule has 132 valence electrons. The van der Waals surface area contributed by atoms with Gasteiger partial charge in [0.1, 0.15) is 5.82 Å². The number of hydrogen-bond acceptors (Lipinski definition) is 5. The highest BCUT2D eigenvalue weighted by Gasteiger charge is 2.18. The molecule has 0 radical (unpaired) electrons. The third-order valence-corrected chi connectivity index (χ3v) is 5.77. The van der Waals surface area contributed by atoms with Crippen molar-refractivity contribution in [2.24, 2.45) is 5.92 Å². The summed E-state index contributed by atoms with van der Waals surface area (Å²) >= 11 is 0. The largest absolute Gasteiger partial charge is 0.324 e. The number of halogens is 1. The van der Waals surface area contributed by atoms with Crippen LogP contribution in [0.1, 0.15) is 19.4 Å². The van der Waals surface area contributed by atoms with Crippen LogP contribution in [-0.4, -0.2) is 28.8 Å². The highest BCUT2D eigenvalue weighted by Crippen LogP contribution is 2.21. The molecule has 25 heavy (non-hydrogen) atoms. The predicted octanol–water partition coefficient (Wildman–Crippen LogP) is 3.35. The van der Waals surface area contributed by atoms with Crippen LogP contribution in [0.5, 0.6) is 0 Å². The van der Waals surface area contributed by atoms with Gasteiger partial charge in [-0.3, -0.25) is 4.40 Å². The van der Waals surface area contributed by atoms with Crippen LogP contribution in [0.3, 0.4) is 0 Å². The van der Waals surface area contributed by atoms with Crippen LogP contribution in [0.2, 0.25) is 0 Å². The van der Waals surface area contributed by atoms with Crippen LogP contribution in [0.15, 0.2) is 41.4 Å². The van der Waals surface area contributed by atoms with Crippen molar-refractivity contribution in [2.45, 2.75) is 25.7 Å². The van der Waals surface area contributed by atoms with Gasteiger partial charge in [0.15, 0.2) is 15.5 Å². The first-order valence-electron chi connectivity index (χ1n) is 7.87. The molecule has 6 nitrogen and oxygen atoms in total. The summed E-state index contributed by atoms with van der Waals surface area (Å²) in [6, 6.07) is 7.74. The average Bonchev–Trinajstić information content (AvgIpc) is 2.92. The summed E-state index contributed by atoms with van der Waals surface area (Å²) < 4.78 is 39.9. The second-order valence-electron chi connectivity index (χ2n) is 6.38. The zero-order valence-corrected chi connectivity index (χ0v) is 15.0. The molecular formula is C17H19FN4O2S. The van der Waals surface area contributed by atoms with Crippen molar-refractivity contribution >= 4 is 27.1 Å². The summed E-state index contributed by atoms with van der Waals surface area (Å²) in [7, 11) is -3.38. The van der Waals surface area contributed by atoms with Crippen molar-refractivity contribution < 1.29 is 12.8 Å². The van der Waals surface area contributed by atoms with Gasteiger partial charge in [0, 0.05) is 11.9 Å². The van der Waals surface area contributed by atoms with E-state index in [0.29, 0.717) is 22.8 Å². The van der Waals surface area contributed by atoms with E-state index in [1.54, 1.807) is 29.5 Å². The van der Waals surface area contributed by atoms with Crippen LogP contribution in [0.4, 0.5) is 16.0 Å². The molecule has 0 saturated heterocycles. The molecule has 2 aromatic heterocycles. The van der Waals surface area contributed by atoms with E-state index < -0.39 is 9.84 Å². The summed E-state index contributed by atoms with van der Waals surface area (Å²) in [5, 5.41) is 11.1. The monoisotopic (exact) mass is 362 g/mol. The van der Waals surface area contributed by atoms with Crippen LogP contribution >= 0.6 is 0 Å². The smallest absolute Gasteiger partial charge is 0.233 e. The molecular weight excluding hydrogens is 343 g/mol. The Morgan fingerprint density at radius 3 is 2.64 bits per heavy atom. The van der Waals surface area contributed by atoms with Crippen molar-refractivity contribution in [1.29, 1.82) is 0 Å². The third kappa shape index (κ3) is 3.63. The van der Waals surface area contributed by atoms with Gasteiger partial charge in [-0.25, -0.2) is 12.8 Å². The van der Waals surface area contributed by atoms with Gasteiger partial charge in [-0.15, -0.1) is 10.2 Å². The summed E-state index contributed by atoms with van der Waals surface area (Å²) in [4.78, 5) is 0.215. The first-order chi connectivity index (χ1) is 11.8. The van der Waals surface area contributed by atoms with Gasteiger partial charge in [-0.1, -0.05) is 13.8 Å². The summed E-state index contributed by atoms with van der Waals surface area (Å²) in [5.41, 5.74) is 1.66. The minimum Gasteiger partial charge on any atom is -0.324 e. The molecule has 3 aromatic rings. The summed E-state index contributed by atoms with van der Waals surface area (Å²) in [5.74, 6) is 0.170. The number of pyridine rings is 1. The lowest BCUT2D eigenvalue weighted by Crippen LogP contribution is -2.12. The standard InChI is InChI=1S/C17H19FN4O2S/c1-11(2)10-25(23,24)14-5-7-16-20-21-17(22(16)9-14)19-13-4-6-15(18)12(3)8-13/h4-9,11H,10H2,1-3H3,(H,19,21). The highest BCUT2D eigenvalue weighted by molar-refractivity contribution is 7.91. The Kier molecular flexibility index (Phi) is 4.47. The fourth-order valence-corrected chi connectivity index (χ4v) is 4.14. The summed E-state index contributed by atoms with van der Waals surface area (Å²) in [6.45, 7) is 5.39. The minimum atomic E-state index is -3.38. The van der Waals surface area contributed by atoms with E-state index in [1.165, 1.54) is 18.3 Å². The highest BCUT2D eigenvalue weighted by atomic mass is 32.2. The van der Waals surface area contributed by atoms with Crippen LogP contribution in [0, 0.1) is 18.7 Å². The number of aryl methyl sites for hydroxylation is 1. The Morgan fingerprint density at radius 1 is 1.20 bits per heavy atom. The molecule has 1 N–H and O–H groups in total. The van der Waals surface area contributed by atoms with E-state index in [9.17, 15) is 12.8 Å². The van der Waals surface area contributed by atoms with E-state index in [0.717, 1.165) is 0 Å². The molecule has 0 amide bonds. The number of aromatic nitrogens is 3. The van der Waals surface area contributed by atoms with E-state index in [4.69, 9.17) is 0 Å². The SMILES string of the molecule is Cc1cc(Nc2nnc3ccc(S(=O)(=O)CC(C)C)cn23)ccc1F. The van der Waals surface area contributed by atoms with Crippen LogP contribution < -0.4 is 5.32 Å². The second kappa shape index (κ2) is 6.44. The fourth-order valence-electron chi connectivity index (χ4n) is 2.53. The van der Waals surface area contributed by atoms with Gasteiger partial charge >= 0.3 is 0 Å². The molecule has 0 saturated carbocycles. The van der Waals surface area contributed by atoms with Gasteiger partial charge < -0.3 is 5.32 Å². The lowest BCUT2D eigenvalue weighted by Gasteiger charge is -2.09. The maximum atomic E-state index is 13.4. The maximum absolute atomic E-state index is 13.4. The predicted molar refractivity (Wildman–Crippen MR) is 94.3 cm³/mol. The van der Waals surface area contributed by atoms with Crippen molar-refractivity contribution in [3.05, 3.63) is 47.9 Å². The maximum Gasteiger partial charge on any atom is 0.233 e. The number of fused-ring (bicyclic) bond motifs is 1. The molecule has 0 aliphatic rings. The number of benzene rings is 1. The van der Waals surface area contributed by atoms with Crippen LogP contribution in [-0.2, 0) is 9.84 Å². The molecule has 3 rings (SSSR count). The van der Waals surface area contributed by atoms with Gasteiger partial charge in [0.05, 0.1) is 10.6 Å². The van der Waals surface area contributed by atoms with E-state index >= 15 is 0 Å².